The molecule has 12 aliphatic heterocycles. The van der Waals surface area contributed by atoms with E-state index in [1.165, 1.54) is 46.6 Å². The molecule has 0 fully saturated rings. The van der Waals surface area contributed by atoms with E-state index in [0.29, 0.717) is 101 Å². The molecule has 28 atom stereocenters. The van der Waals surface area contributed by atoms with Crippen molar-refractivity contribution >= 4 is 23.9 Å². The van der Waals surface area contributed by atoms with Crippen LogP contribution in [-0.2, 0) is 76.0 Å². The van der Waals surface area contributed by atoms with E-state index < -0.39 is 97.1 Å². The number of carbonyl (C=O) groups excluding carboxylic acids is 4. The largest absolute Gasteiger partial charge is 0.456 e. The molecule has 0 saturated carbocycles. The zero-order chi connectivity index (χ0) is 104. The zero-order valence-electron chi connectivity index (χ0n) is 86.5. The summed E-state index contributed by atoms with van der Waals surface area (Å²) >= 11 is 0. The minimum Gasteiger partial charge on any atom is -0.456 e. The maximum absolute atomic E-state index is 12.5. The van der Waals surface area contributed by atoms with E-state index in [1.807, 2.05) is 72.9 Å². The lowest BCUT2D eigenvalue weighted by Crippen LogP contribution is -2.30. The molecule has 12 aliphatic rings. The fourth-order valence-electron chi connectivity index (χ4n) is 19.4. The third kappa shape index (κ3) is 48.3. The van der Waals surface area contributed by atoms with Crippen LogP contribution in [0.3, 0.4) is 0 Å². The first-order valence-electron chi connectivity index (χ1n) is 52.5. The van der Waals surface area contributed by atoms with Crippen LogP contribution in [-0.4, -0.2) is 238 Å². The Kier molecular flexibility index (Phi) is 53.5. The summed E-state index contributed by atoms with van der Waals surface area (Å²) < 4.78 is 70.0. The normalized spacial score (nSPS) is 35.8. The van der Waals surface area contributed by atoms with E-state index in [9.17, 15) is 60.0 Å². The molecule has 12 heterocycles. The molecule has 24 heteroatoms. The second-order valence-electron chi connectivity index (χ2n) is 41.2. The Morgan fingerprint density at radius 2 is 0.479 bits per heavy atom. The van der Waals surface area contributed by atoms with E-state index in [4.69, 9.17) is 56.8 Å². The molecule has 0 aliphatic carbocycles. The summed E-state index contributed by atoms with van der Waals surface area (Å²) in [5, 5.41) is 85.1. The summed E-state index contributed by atoms with van der Waals surface area (Å²) in [7, 11) is 0. The van der Waals surface area contributed by atoms with Crippen molar-refractivity contribution < 1.29 is 117 Å². The lowest BCUT2D eigenvalue weighted by molar-refractivity contribution is -0.147. The molecule has 24 nitrogen and oxygen atoms in total. The van der Waals surface area contributed by atoms with Gasteiger partial charge in [0, 0.05) is 50.0 Å². The Morgan fingerprint density at radius 3 is 0.681 bits per heavy atom. The molecule has 792 valence electrons. The summed E-state index contributed by atoms with van der Waals surface area (Å²) in [5.41, 5.74) is 8.96. The van der Waals surface area contributed by atoms with E-state index >= 15 is 0 Å². The Balaban J connectivity index is 0.000000214. The number of carbonyl (C=O) groups is 4. The number of esters is 4. The minimum absolute atomic E-state index is 0.0795. The average molecular weight is 1990 g/mol. The first-order valence-corrected chi connectivity index (χ1v) is 52.5. The van der Waals surface area contributed by atoms with Gasteiger partial charge < -0.3 is 97.7 Å². The number of aliphatic hydroxyl groups excluding tert-OH is 8. The monoisotopic (exact) mass is 1990 g/mol. The summed E-state index contributed by atoms with van der Waals surface area (Å²) in [6.07, 6.45) is 73.8. The fraction of sp³-hybridized carbons (Fsp3) is 0.567. The number of cyclic esters (lactones) is 4. The molecule has 8 bridgehead atoms. The average Bonchev–Trinajstić information content (AvgIpc) is 0.837. The summed E-state index contributed by atoms with van der Waals surface area (Å²) in [6.45, 7) is 35.8. The highest BCUT2D eigenvalue weighted by Gasteiger charge is 2.32. The second kappa shape index (κ2) is 65.0. The van der Waals surface area contributed by atoms with Crippen molar-refractivity contribution in [2.45, 2.75) is 382 Å². The van der Waals surface area contributed by atoms with Crippen LogP contribution >= 0.6 is 0 Å². The number of rotatable bonds is 12. The van der Waals surface area contributed by atoms with Crippen molar-refractivity contribution in [1.82, 2.24) is 0 Å². The Labute approximate surface area is 857 Å². The maximum Gasteiger partial charge on any atom is 0.330 e. The Morgan fingerprint density at radius 1 is 0.278 bits per heavy atom. The second-order valence-corrected chi connectivity index (χ2v) is 41.2. The van der Waals surface area contributed by atoms with Crippen molar-refractivity contribution in [2.24, 2.45) is 23.7 Å². The first kappa shape index (κ1) is 119. The van der Waals surface area contributed by atoms with Gasteiger partial charge in [0.2, 0.25) is 0 Å². The lowest BCUT2D eigenvalue weighted by atomic mass is 9.91. The number of hydrogen-bond acceptors (Lipinski definition) is 24. The van der Waals surface area contributed by atoms with Gasteiger partial charge in [0.1, 0.15) is 48.8 Å². The maximum atomic E-state index is 12.5. The molecule has 0 spiro atoms. The van der Waals surface area contributed by atoms with Crippen molar-refractivity contribution in [1.29, 1.82) is 0 Å². The molecular formula is C120H168O24. The van der Waals surface area contributed by atoms with E-state index in [0.717, 1.165) is 125 Å². The molecule has 0 aromatic rings. The summed E-state index contributed by atoms with van der Waals surface area (Å²) in [5.74, 6) is -0.491. The van der Waals surface area contributed by atoms with Gasteiger partial charge in [0.15, 0.2) is 0 Å². The third-order valence-corrected chi connectivity index (χ3v) is 26.8. The van der Waals surface area contributed by atoms with Crippen molar-refractivity contribution in [3.8, 4) is 0 Å². The molecule has 12 rings (SSSR count). The number of hydrogen-bond donors (Lipinski definition) is 8. The quantitative estimate of drug-likeness (QED) is 0.0511. The van der Waals surface area contributed by atoms with E-state index in [-0.39, 0.29) is 98.9 Å². The van der Waals surface area contributed by atoms with E-state index in [1.54, 1.807) is 97.2 Å². The van der Waals surface area contributed by atoms with Gasteiger partial charge in [-0.1, -0.05) is 293 Å². The highest BCUT2D eigenvalue weighted by Crippen LogP contribution is 2.34. The molecule has 0 aromatic heterocycles. The van der Waals surface area contributed by atoms with Crippen molar-refractivity contribution in [3.05, 3.63) is 290 Å². The van der Waals surface area contributed by atoms with E-state index in [2.05, 4.69) is 106 Å². The number of fused-ring (bicyclic) bond motifs is 8. The van der Waals surface area contributed by atoms with Crippen molar-refractivity contribution in [2.75, 3.05) is 26.4 Å². The van der Waals surface area contributed by atoms with Crippen LogP contribution in [0.25, 0.3) is 0 Å². The van der Waals surface area contributed by atoms with Gasteiger partial charge >= 0.3 is 23.9 Å². The predicted molar refractivity (Wildman–Crippen MR) is 565 cm³/mol. The first-order chi connectivity index (χ1) is 69.1. The standard InChI is InChI=1S/4C30H42O6/c4*1-21-15-16-34-26(19-21)13-14-28(32)29-11-4-7-24(31)18-22(2)17-23(3)20-27-10-5-8-25(35-27)9-6-12-30(33)36-29/h4*4-8,12-15,23-29,31-32H,2,9-11,16-20H2,1,3H3/b2*7-4+,12-6+,14-13+;2*7-4+,12-6-,14-13+/t23-,24+,25-,26+,27-,28-,29-;23-,24-,25-,26+,27-,28-,29-;23-,24+,25-,26+,27-,28-,29-;23-,24-,25-,26+,27-,28-,29-/m0000/s1. The van der Waals surface area contributed by atoms with Crippen LogP contribution < -0.4 is 0 Å². The van der Waals surface area contributed by atoms with Crippen LogP contribution in [0.1, 0.15) is 235 Å². The highest BCUT2D eigenvalue weighted by atomic mass is 16.6. The third-order valence-electron chi connectivity index (χ3n) is 26.8. The van der Waals surface area contributed by atoms with Crippen LogP contribution in [0.15, 0.2) is 290 Å². The van der Waals surface area contributed by atoms with Gasteiger partial charge in [0.05, 0.1) is 124 Å². The molecule has 0 unspecified atom stereocenters. The molecular weight excluding hydrogens is 1830 g/mol. The number of aliphatic hydroxyl groups is 8. The van der Waals surface area contributed by atoms with Crippen LogP contribution in [0.5, 0.6) is 0 Å². The van der Waals surface area contributed by atoms with Crippen LogP contribution in [0.2, 0.25) is 0 Å². The van der Waals surface area contributed by atoms with Gasteiger partial charge in [0.25, 0.3) is 0 Å². The van der Waals surface area contributed by atoms with Gasteiger partial charge in [-0.25, -0.2) is 19.2 Å². The Hall–Kier alpha value is -9.00. The molecule has 144 heavy (non-hydrogen) atoms. The smallest absolute Gasteiger partial charge is 0.330 e. The molecule has 8 N–H and O–H groups in total. The zero-order valence-corrected chi connectivity index (χ0v) is 86.5. The van der Waals surface area contributed by atoms with Gasteiger partial charge in [-0.2, -0.15) is 0 Å². The summed E-state index contributed by atoms with van der Waals surface area (Å²) in [4.78, 5) is 50.2. The topological polar surface area (TPSA) is 341 Å². The predicted octanol–water partition coefficient (Wildman–Crippen LogP) is 19.6. The van der Waals surface area contributed by atoms with Gasteiger partial charge in [-0.15, -0.1) is 0 Å². The number of ether oxygens (including phenoxy) is 12. The molecule has 0 aromatic carbocycles. The highest BCUT2D eigenvalue weighted by molar-refractivity contribution is 5.83. The van der Waals surface area contributed by atoms with Crippen LogP contribution in [0, 0.1) is 23.7 Å². The van der Waals surface area contributed by atoms with Crippen molar-refractivity contribution in [3.63, 3.8) is 0 Å². The minimum atomic E-state index is -1.01. The van der Waals surface area contributed by atoms with Crippen LogP contribution in [0.4, 0.5) is 0 Å². The SMILES string of the molecule is C=C1C[C@H](C)C[C@@H]2CC=C[C@@H](C/C=C/C(=O)O[C@H]([C@@H](O)/C=C/[C@@H]3CC(C)=CCO3)C/C=C/[C@@H](O)C1)O2.C=C1C[C@H](C)C[C@@H]2CC=C[C@@H](C/C=C/C(=O)O[C@H]([C@@H](O)/C=C/[C@@H]3CC(C)=CCO3)C/C=C/[C@H](O)C1)O2.C=C1C[C@H](C)C[C@@H]2CC=C[C@@H](C/C=C\C(=O)O[C@H]([C@@H](O)/C=C/[C@@H]3CC(C)=CCO3)C/C=C/[C@@H](O)C1)O2.C=C1C[C@H](C)C[C@@H]2CC=C[C@@H](C/C=C\C(=O)O[C@H]([C@@H](O)/C=C/[C@@H]3CC(C)=CCO3)C/C=C/[C@H](O)C1)O2. The molecule has 0 amide bonds. The Bertz CT molecular complexity index is 4100. The van der Waals surface area contributed by atoms with Gasteiger partial charge in [-0.3, -0.25) is 0 Å². The lowest BCUT2D eigenvalue weighted by Gasteiger charge is -2.28. The molecule has 0 saturated heterocycles. The fourth-order valence-corrected chi connectivity index (χ4v) is 19.4. The summed E-state index contributed by atoms with van der Waals surface area (Å²) in [6, 6.07) is 0. The molecule has 0 radical (unpaired) electrons. The van der Waals surface area contributed by atoms with Gasteiger partial charge in [-0.05, 0) is 205 Å².